The summed E-state index contributed by atoms with van der Waals surface area (Å²) in [4.78, 5) is 29.0. The molecule has 0 saturated carbocycles. The van der Waals surface area contributed by atoms with E-state index in [1.165, 1.54) is 0 Å². The summed E-state index contributed by atoms with van der Waals surface area (Å²) in [6.07, 6.45) is 0. The number of nitrogens with one attached hydrogen (secondary N) is 2. The molecule has 27 heavy (non-hydrogen) atoms. The molecule has 0 fully saturated rings. The van der Waals surface area contributed by atoms with Crippen molar-refractivity contribution < 1.29 is 14.3 Å². The van der Waals surface area contributed by atoms with Gasteiger partial charge in [0.2, 0.25) is 0 Å². The molecular weight excluding hydrogens is 346 g/mol. The molecule has 0 spiro atoms. The number of methoxy groups -OCH3 is 1. The predicted molar refractivity (Wildman–Crippen MR) is 100 cm³/mol. The fourth-order valence-corrected chi connectivity index (χ4v) is 2.80. The van der Waals surface area contributed by atoms with Gasteiger partial charge in [-0.15, -0.1) is 0 Å². The summed E-state index contributed by atoms with van der Waals surface area (Å²) in [6.45, 7) is 5.49. The molecule has 0 saturated heterocycles. The number of carbonyl (C=O) groups is 2. The molecule has 1 aromatic carbocycles. The minimum absolute atomic E-state index is 0.0225. The van der Waals surface area contributed by atoms with Gasteiger partial charge in [0.1, 0.15) is 12.3 Å². The van der Waals surface area contributed by atoms with Gasteiger partial charge in [-0.25, -0.2) is 0 Å². The summed E-state index contributed by atoms with van der Waals surface area (Å²) < 4.78 is 6.77. The van der Waals surface area contributed by atoms with Gasteiger partial charge >= 0.3 is 0 Å². The summed E-state index contributed by atoms with van der Waals surface area (Å²) in [5.74, 6) is -0.104. The van der Waals surface area contributed by atoms with Crippen molar-refractivity contribution in [3.05, 3.63) is 53.0 Å². The van der Waals surface area contributed by atoms with Crippen LogP contribution in [0.5, 0.6) is 5.75 Å². The molecule has 0 unspecified atom stereocenters. The van der Waals surface area contributed by atoms with Crippen molar-refractivity contribution in [1.82, 2.24) is 25.6 Å². The van der Waals surface area contributed by atoms with Crippen molar-refractivity contribution in [1.29, 1.82) is 0 Å². The molecule has 0 aliphatic carbocycles. The number of aromatic nitrogens is 3. The van der Waals surface area contributed by atoms with Gasteiger partial charge in [0, 0.05) is 17.1 Å². The van der Waals surface area contributed by atoms with Crippen molar-refractivity contribution in [2.24, 2.45) is 0 Å². The monoisotopic (exact) mass is 367 g/mol. The van der Waals surface area contributed by atoms with Crippen molar-refractivity contribution in [3.63, 3.8) is 0 Å². The average Bonchev–Trinajstić information content (AvgIpc) is 2.95. The molecule has 2 aromatic heterocycles. The van der Waals surface area contributed by atoms with Crippen molar-refractivity contribution in [3.8, 4) is 5.75 Å². The third-order valence-corrected chi connectivity index (χ3v) is 4.17. The zero-order valence-electron chi connectivity index (χ0n) is 15.7. The highest BCUT2D eigenvalue weighted by Crippen LogP contribution is 2.21. The highest BCUT2D eigenvalue weighted by atomic mass is 16.5. The Bertz CT molecular complexity index is 1030. The van der Waals surface area contributed by atoms with Crippen LogP contribution in [0.15, 0.2) is 30.3 Å². The first-order valence-corrected chi connectivity index (χ1v) is 8.43. The molecule has 140 valence electrons. The lowest BCUT2D eigenvalue weighted by molar-refractivity contribution is -0.122. The molecule has 0 atom stereocenters. The lowest BCUT2D eigenvalue weighted by Gasteiger charge is -2.11. The number of fused-ring (bicyclic) bond motifs is 1. The Balaban J connectivity index is 1.69. The topological polar surface area (TPSA) is 98.1 Å². The Hall–Kier alpha value is -3.42. The first-order chi connectivity index (χ1) is 12.9. The molecule has 2 heterocycles. The second-order valence-corrected chi connectivity index (χ2v) is 6.27. The smallest absolute Gasteiger partial charge is 0.271 e. The summed E-state index contributed by atoms with van der Waals surface area (Å²) in [6, 6.07) is 9.06. The molecule has 0 bridgehead atoms. The Morgan fingerprint density at radius 2 is 1.89 bits per heavy atom. The number of hydrazine groups is 1. The van der Waals surface area contributed by atoms with Crippen LogP contribution in [0, 0.1) is 20.8 Å². The maximum Gasteiger partial charge on any atom is 0.271 e. The van der Waals surface area contributed by atoms with Crippen LogP contribution in [-0.2, 0) is 11.3 Å². The first-order valence-electron chi connectivity index (χ1n) is 8.43. The third-order valence-electron chi connectivity index (χ3n) is 4.17. The van der Waals surface area contributed by atoms with E-state index in [0.29, 0.717) is 17.0 Å². The van der Waals surface area contributed by atoms with Crippen LogP contribution in [-0.4, -0.2) is 33.7 Å². The molecular formula is C19H21N5O3. The minimum Gasteiger partial charge on any atom is -0.497 e. The number of amides is 2. The normalized spacial score (nSPS) is 10.7. The van der Waals surface area contributed by atoms with E-state index < -0.39 is 5.91 Å². The summed E-state index contributed by atoms with van der Waals surface area (Å²) in [5.41, 5.74) is 8.23. The number of pyridine rings is 1. The zero-order chi connectivity index (χ0) is 19.6. The molecule has 0 radical (unpaired) electrons. The standard InChI is InChI=1S/C19H21N5O3/c1-11-7-12(2)24(23-11)10-18(25)21-22-19(26)16-8-14-5-6-15(27-4)9-17(14)20-13(16)3/h5-9H,10H2,1-4H3,(H,21,25)(H,22,26). The van der Waals surface area contributed by atoms with Crippen LogP contribution >= 0.6 is 0 Å². The van der Waals surface area contributed by atoms with Crippen LogP contribution in [0.1, 0.15) is 27.4 Å². The van der Waals surface area contributed by atoms with Crippen molar-refractivity contribution in [2.75, 3.05) is 7.11 Å². The molecule has 0 aliphatic heterocycles. The van der Waals surface area contributed by atoms with Gasteiger partial charge in [0.15, 0.2) is 0 Å². The average molecular weight is 367 g/mol. The lowest BCUT2D eigenvalue weighted by Crippen LogP contribution is -2.43. The second kappa shape index (κ2) is 7.45. The molecule has 2 N–H and O–H groups in total. The number of hydrogen-bond donors (Lipinski definition) is 2. The number of aryl methyl sites for hydroxylation is 3. The van der Waals surface area contributed by atoms with Gasteiger partial charge in [-0.3, -0.25) is 30.1 Å². The summed E-state index contributed by atoms with van der Waals surface area (Å²) >= 11 is 0. The predicted octanol–water partition coefficient (Wildman–Crippen LogP) is 1.83. The number of hydrogen-bond acceptors (Lipinski definition) is 5. The summed E-state index contributed by atoms with van der Waals surface area (Å²) in [7, 11) is 1.59. The number of carbonyl (C=O) groups excluding carboxylic acids is 2. The second-order valence-electron chi connectivity index (χ2n) is 6.27. The maximum absolute atomic E-state index is 12.4. The van der Waals surface area contributed by atoms with Crippen LogP contribution in [0.4, 0.5) is 0 Å². The van der Waals surface area contributed by atoms with Crippen LogP contribution in [0.3, 0.4) is 0 Å². The highest BCUT2D eigenvalue weighted by molar-refractivity contribution is 5.99. The maximum atomic E-state index is 12.4. The largest absolute Gasteiger partial charge is 0.497 e. The minimum atomic E-state index is -0.431. The number of ether oxygens (including phenoxy) is 1. The Morgan fingerprint density at radius 1 is 1.11 bits per heavy atom. The van der Waals surface area contributed by atoms with E-state index in [1.54, 1.807) is 36.9 Å². The van der Waals surface area contributed by atoms with E-state index in [4.69, 9.17) is 4.74 Å². The van der Waals surface area contributed by atoms with E-state index >= 15 is 0 Å². The van der Waals surface area contributed by atoms with E-state index in [2.05, 4.69) is 20.9 Å². The fraction of sp³-hybridized carbons (Fsp3) is 0.263. The molecule has 8 nitrogen and oxygen atoms in total. The lowest BCUT2D eigenvalue weighted by atomic mass is 10.1. The van der Waals surface area contributed by atoms with E-state index in [1.807, 2.05) is 26.0 Å². The van der Waals surface area contributed by atoms with E-state index in [-0.39, 0.29) is 12.5 Å². The van der Waals surface area contributed by atoms with Crippen LogP contribution < -0.4 is 15.6 Å². The molecule has 2 amide bonds. The van der Waals surface area contributed by atoms with Gasteiger partial charge < -0.3 is 4.74 Å². The molecule has 8 heteroatoms. The SMILES string of the molecule is COc1ccc2cc(C(=O)NNC(=O)Cn3nc(C)cc3C)c(C)nc2c1. The molecule has 3 aromatic rings. The highest BCUT2D eigenvalue weighted by Gasteiger charge is 2.14. The van der Waals surface area contributed by atoms with Gasteiger partial charge in [-0.2, -0.15) is 5.10 Å². The fourth-order valence-electron chi connectivity index (χ4n) is 2.80. The Labute approximate surface area is 156 Å². The van der Waals surface area contributed by atoms with Crippen LogP contribution in [0.25, 0.3) is 10.9 Å². The number of benzene rings is 1. The van der Waals surface area contributed by atoms with Crippen molar-refractivity contribution in [2.45, 2.75) is 27.3 Å². The molecule has 0 aliphatic rings. The quantitative estimate of drug-likeness (QED) is 0.686. The third kappa shape index (κ3) is 4.05. The van der Waals surface area contributed by atoms with Gasteiger partial charge in [0.25, 0.3) is 11.8 Å². The summed E-state index contributed by atoms with van der Waals surface area (Å²) in [5, 5.41) is 5.03. The Morgan fingerprint density at radius 3 is 2.56 bits per heavy atom. The number of nitrogens with zero attached hydrogens (tertiary/aromatic N) is 3. The zero-order valence-corrected chi connectivity index (χ0v) is 15.7. The number of rotatable bonds is 4. The van der Waals surface area contributed by atoms with E-state index in [9.17, 15) is 9.59 Å². The first kappa shape index (κ1) is 18.4. The van der Waals surface area contributed by atoms with Gasteiger partial charge in [0.05, 0.1) is 29.6 Å². The Kier molecular flexibility index (Phi) is 5.07. The van der Waals surface area contributed by atoms with Gasteiger partial charge in [-0.05, 0) is 45.0 Å². The van der Waals surface area contributed by atoms with E-state index in [0.717, 1.165) is 22.3 Å². The molecule has 3 rings (SSSR count). The van der Waals surface area contributed by atoms with Crippen LogP contribution in [0.2, 0.25) is 0 Å². The van der Waals surface area contributed by atoms with Crippen molar-refractivity contribution >= 4 is 22.7 Å². The van der Waals surface area contributed by atoms with Gasteiger partial charge in [-0.1, -0.05) is 0 Å².